The van der Waals surface area contributed by atoms with Gasteiger partial charge < -0.3 is 9.84 Å². The van der Waals surface area contributed by atoms with Crippen molar-refractivity contribution in [3.8, 4) is 10.7 Å². The van der Waals surface area contributed by atoms with Gasteiger partial charge in [0, 0.05) is 13.0 Å². The Morgan fingerprint density at radius 1 is 1.23 bits per heavy atom. The van der Waals surface area contributed by atoms with Crippen LogP contribution in [0, 0.1) is 0 Å². The van der Waals surface area contributed by atoms with Gasteiger partial charge in [-0.3, -0.25) is 9.10 Å². The average molecular weight is 449 g/mol. The van der Waals surface area contributed by atoms with Crippen LogP contribution in [-0.4, -0.2) is 37.3 Å². The van der Waals surface area contributed by atoms with Gasteiger partial charge in [-0.15, -0.1) is 11.3 Å². The number of thiophene rings is 1. The quantitative estimate of drug-likeness (QED) is 0.510. The summed E-state index contributed by atoms with van der Waals surface area (Å²) in [5.74, 6) is 0.605. The lowest BCUT2D eigenvalue weighted by Gasteiger charge is -2.22. The molecule has 1 N–H and O–H groups in total. The van der Waals surface area contributed by atoms with E-state index in [9.17, 15) is 13.2 Å². The standard InChI is InChI=1S/C20H24N4O4S2/c1-3-15-8-10-16(11-9-15)24(30(2,26)27)12-4-7-18(25)21-14-19-22-20(23-28-19)17-6-5-13-29-17/h5-6,8-11,13H,3-4,7,12,14H2,1-2H3,(H,21,25). The van der Waals surface area contributed by atoms with Crippen molar-refractivity contribution in [3.63, 3.8) is 0 Å². The SMILES string of the molecule is CCc1ccc(N(CCCC(=O)NCc2nc(-c3cccs3)no2)S(C)(=O)=O)cc1. The largest absolute Gasteiger partial charge is 0.347 e. The van der Waals surface area contributed by atoms with Gasteiger partial charge in [-0.25, -0.2) is 8.42 Å². The first-order valence-corrected chi connectivity index (χ1v) is 12.3. The number of carbonyl (C=O) groups is 1. The monoisotopic (exact) mass is 448 g/mol. The Morgan fingerprint density at radius 2 is 2.00 bits per heavy atom. The number of nitrogens with one attached hydrogen (secondary N) is 1. The summed E-state index contributed by atoms with van der Waals surface area (Å²) in [5, 5.41) is 8.54. The van der Waals surface area contributed by atoms with Gasteiger partial charge in [-0.1, -0.05) is 30.3 Å². The summed E-state index contributed by atoms with van der Waals surface area (Å²) in [4.78, 5) is 17.3. The molecule has 3 aromatic rings. The number of aryl methyl sites for hydroxylation is 1. The highest BCUT2D eigenvalue weighted by Crippen LogP contribution is 2.21. The van der Waals surface area contributed by atoms with Crippen LogP contribution in [0.5, 0.6) is 0 Å². The number of anilines is 1. The zero-order valence-electron chi connectivity index (χ0n) is 16.9. The van der Waals surface area contributed by atoms with E-state index in [1.54, 1.807) is 12.1 Å². The highest BCUT2D eigenvalue weighted by atomic mass is 32.2. The predicted molar refractivity (Wildman–Crippen MR) is 117 cm³/mol. The molecule has 0 atom stereocenters. The normalized spacial score (nSPS) is 11.4. The maximum Gasteiger partial charge on any atom is 0.246 e. The molecular formula is C20H24N4O4S2. The molecule has 2 heterocycles. The van der Waals surface area contributed by atoms with Crippen molar-refractivity contribution >= 4 is 33.0 Å². The van der Waals surface area contributed by atoms with Gasteiger partial charge in [0.15, 0.2) is 0 Å². The van der Waals surface area contributed by atoms with Crippen LogP contribution in [-0.2, 0) is 27.8 Å². The van der Waals surface area contributed by atoms with Gasteiger partial charge in [0.2, 0.25) is 27.6 Å². The molecule has 0 unspecified atom stereocenters. The molecule has 0 bridgehead atoms. The Kier molecular flexibility index (Phi) is 7.22. The van der Waals surface area contributed by atoms with E-state index in [1.165, 1.54) is 21.9 Å². The van der Waals surface area contributed by atoms with Gasteiger partial charge in [0.05, 0.1) is 23.4 Å². The van der Waals surface area contributed by atoms with Crippen molar-refractivity contribution < 1.29 is 17.7 Å². The van der Waals surface area contributed by atoms with E-state index >= 15 is 0 Å². The van der Waals surface area contributed by atoms with Gasteiger partial charge >= 0.3 is 0 Å². The van der Waals surface area contributed by atoms with Crippen LogP contribution in [0.1, 0.15) is 31.2 Å². The molecule has 10 heteroatoms. The molecule has 3 rings (SSSR count). The minimum atomic E-state index is -3.44. The van der Waals surface area contributed by atoms with Crippen LogP contribution in [0.25, 0.3) is 10.7 Å². The number of nitrogens with zero attached hydrogens (tertiary/aromatic N) is 3. The molecule has 0 fully saturated rings. The number of sulfonamides is 1. The second-order valence-corrected chi connectivity index (χ2v) is 9.58. The number of amides is 1. The van der Waals surface area contributed by atoms with Gasteiger partial charge in [-0.2, -0.15) is 4.98 Å². The molecule has 30 heavy (non-hydrogen) atoms. The second-order valence-electron chi connectivity index (χ2n) is 6.72. The first kappa shape index (κ1) is 22.0. The average Bonchev–Trinajstić information content (AvgIpc) is 3.40. The topological polar surface area (TPSA) is 105 Å². The molecule has 0 aliphatic heterocycles. The van der Waals surface area contributed by atoms with Gasteiger partial charge in [0.1, 0.15) is 0 Å². The summed E-state index contributed by atoms with van der Waals surface area (Å²) in [5.41, 5.74) is 1.73. The van der Waals surface area contributed by atoms with Crippen molar-refractivity contribution in [2.75, 3.05) is 17.1 Å². The zero-order valence-corrected chi connectivity index (χ0v) is 18.5. The molecule has 0 saturated heterocycles. The molecule has 0 saturated carbocycles. The lowest BCUT2D eigenvalue weighted by molar-refractivity contribution is -0.121. The first-order valence-electron chi connectivity index (χ1n) is 9.56. The van der Waals surface area contributed by atoms with E-state index in [0.29, 0.717) is 23.8 Å². The molecular weight excluding hydrogens is 424 g/mol. The lowest BCUT2D eigenvalue weighted by Crippen LogP contribution is -2.32. The van der Waals surface area contributed by atoms with E-state index in [1.807, 2.05) is 36.6 Å². The molecule has 160 valence electrons. The number of benzene rings is 1. The molecule has 2 aromatic heterocycles. The van der Waals surface area contributed by atoms with Crippen LogP contribution in [0.4, 0.5) is 5.69 Å². The fraction of sp³-hybridized carbons (Fsp3) is 0.350. The zero-order chi connectivity index (χ0) is 21.6. The second kappa shape index (κ2) is 9.86. The molecule has 0 aliphatic carbocycles. The van der Waals surface area contributed by atoms with E-state index < -0.39 is 10.0 Å². The smallest absolute Gasteiger partial charge is 0.246 e. The van der Waals surface area contributed by atoms with Crippen LogP contribution in [0.3, 0.4) is 0 Å². The third-order valence-corrected chi connectivity index (χ3v) is 6.50. The third-order valence-electron chi connectivity index (χ3n) is 4.44. The maximum absolute atomic E-state index is 12.2. The van der Waals surface area contributed by atoms with Crippen molar-refractivity contribution in [3.05, 3.63) is 53.2 Å². The molecule has 1 amide bonds. The number of hydrogen-bond acceptors (Lipinski definition) is 7. The minimum Gasteiger partial charge on any atom is -0.347 e. The summed E-state index contributed by atoms with van der Waals surface area (Å²) in [6.07, 6.45) is 2.62. The van der Waals surface area contributed by atoms with Crippen molar-refractivity contribution in [2.24, 2.45) is 0 Å². The van der Waals surface area contributed by atoms with Crippen molar-refractivity contribution in [2.45, 2.75) is 32.7 Å². The third kappa shape index (κ3) is 5.90. The molecule has 0 radical (unpaired) electrons. The maximum atomic E-state index is 12.2. The summed E-state index contributed by atoms with van der Waals surface area (Å²) in [6.45, 7) is 2.39. The van der Waals surface area contributed by atoms with Gasteiger partial charge in [0.25, 0.3) is 0 Å². The number of hydrogen-bond donors (Lipinski definition) is 1. The fourth-order valence-electron chi connectivity index (χ4n) is 2.86. The number of rotatable bonds is 10. The molecule has 0 spiro atoms. The summed E-state index contributed by atoms with van der Waals surface area (Å²) in [6, 6.07) is 11.2. The van der Waals surface area contributed by atoms with Crippen LogP contribution in [0.15, 0.2) is 46.3 Å². The summed E-state index contributed by atoms with van der Waals surface area (Å²) < 4.78 is 30.8. The minimum absolute atomic E-state index is 0.130. The molecule has 1 aromatic carbocycles. The number of aromatic nitrogens is 2. The Labute approximate surface area is 180 Å². The van der Waals surface area contributed by atoms with Crippen molar-refractivity contribution in [1.82, 2.24) is 15.5 Å². The van der Waals surface area contributed by atoms with Gasteiger partial charge in [-0.05, 0) is 42.0 Å². The summed E-state index contributed by atoms with van der Waals surface area (Å²) in [7, 11) is -3.44. The van der Waals surface area contributed by atoms with Crippen LogP contribution < -0.4 is 9.62 Å². The summed E-state index contributed by atoms with van der Waals surface area (Å²) >= 11 is 1.50. The van der Waals surface area contributed by atoms with E-state index in [-0.39, 0.29) is 25.4 Å². The lowest BCUT2D eigenvalue weighted by atomic mass is 10.1. The first-order chi connectivity index (χ1) is 14.4. The highest BCUT2D eigenvalue weighted by molar-refractivity contribution is 7.92. The Balaban J connectivity index is 1.49. The van der Waals surface area contributed by atoms with Crippen molar-refractivity contribution in [1.29, 1.82) is 0 Å². The Bertz CT molecular complexity index is 1060. The van der Waals surface area contributed by atoms with E-state index in [2.05, 4.69) is 15.5 Å². The Morgan fingerprint density at radius 3 is 2.63 bits per heavy atom. The predicted octanol–water partition coefficient (Wildman–Crippen LogP) is 3.22. The fourth-order valence-corrected chi connectivity index (χ4v) is 4.48. The molecule has 8 nitrogen and oxygen atoms in total. The van der Waals surface area contributed by atoms with E-state index in [0.717, 1.165) is 16.9 Å². The highest BCUT2D eigenvalue weighted by Gasteiger charge is 2.18. The Hall–Kier alpha value is -2.72. The molecule has 0 aliphatic rings. The van der Waals surface area contributed by atoms with Crippen LogP contribution >= 0.6 is 11.3 Å². The number of carbonyl (C=O) groups excluding carboxylic acids is 1. The van der Waals surface area contributed by atoms with E-state index in [4.69, 9.17) is 4.52 Å². The van der Waals surface area contributed by atoms with Crippen LogP contribution in [0.2, 0.25) is 0 Å².